The van der Waals surface area contributed by atoms with Crippen LogP contribution in [-0.4, -0.2) is 29.3 Å². The maximum Gasteiger partial charge on any atom is 0.247 e. The van der Waals surface area contributed by atoms with Crippen LogP contribution in [0, 0.1) is 6.92 Å². The number of hydrogen-bond acceptors (Lipinski definition) is 5. The van der Waals surface area contributed by atoms with E-state index >= 15 is 0 Å². The first-order chi connectivity index (χ1) is 14.1. The van der Waals surface area contributed by atoms with E-state index in [1.54, 1.807) is 0 Å². The van der Waals surface area contributed by atoms with Crippen molar-refractivity contribution in [1.82, 2.24) is 15.5 Å². The first-order valence-electron chi connectivity index (χ1n) is 9.94. The van der Waals surface area contributed by atoms with Gasteiger partial charge in [-0.05, 0) is 38.0 Å². The second-order valence-electron chi connectivity index (χ2n) is 6.99. The molecule has 3 aromatic rings. The highest BCUT2D eigenvalue weighted by Gasteiger charge is 2.10. The van der Waals surface area contributed by atoms with Crippen LogP contribution in [0.25, 0.3) is 11.5 Å². The lowest BCUT2D eigenvalue weighted by molar-refractivity contribution is -0.121. The molecule has 0 aliphatic carbocycles. The Morgan fingerprint density at radius 2 is 1.86 bits per heavy atom. The van der Waals surface area contributed by atoms with Crippen LogP contribution in [0.1, 0.15) is 42.9 Å². The van der Waals surface area contributed by atoms with E-state index in [1.807, 2.05) is 68.4 Å². The predicted octanol–water partition coefficient (Wildman–Crippen LogP) is 4.26. The van der Waals surface area contributed by atoms with E-state index in [4.69, 9.17) is 9.15 Å². The number of benzene rings is 2. The van der Waals surface area contributed by atoms with Crippen molar-refractivity contribution in [2.24, 2.45) is 0 Å². The molecule has 6 nitrogen and oxygen atoms in total. The Morgan fingerprint density at radius 3 is 2.62 bits per heavy atom. The standard InChI is InChI=1S/C23H27N3O3/c1-17-9-11-20(12-10-17)23-26-25-22(29-23)14-13-21(27)24-15-6-16-28-18(2)19-7-4-3-5-8-19/h3-5,7-12,18H,6,13-16H2,1-2H3,(H,24,27). The number of carbonyl (C=O) groups excluding carboxylic acids is 1. The number of rotatable bonds is 10. The lowest BCUT2D eigenvalue weighted by Gasteiger charge is -2.13. The van der Waals surface area contributed by atoms with Crippen LogP contribution in [0.4, 0.5) is 0 Å². The maximum atomic E-state index is 12.0. The molecule has 2 aromatic carbocycles. The zero-order valence-corrected chi connectivity index (χ0v) is 16.9. The summed E-state index contributed by atoms with van der Waals surface area (Å²) >= 11 is 0. The summed E-state index contributed by atoms with van der Waals surface area (Å²) in [4.78, 5) is 12.0. The van der Waals surface area contributed by atoms with E-state index in [2.05, 4.69) is 15.5 Å². The van der Waals surface area contributed by atoms with E-state index in [0.29, 0.717) is 37.8 Å². The molecule has 1 unspecified atom stereocenters. The summed E-state index contributed by atoms with van der Waals surface area (Å²) in [6.45, 7) is 5.24. The first-order valence-corrected chi connectivity index (χ1v) is 9.94. The van der Waals surface area contributed by atoms with Gasteiger partial charge in [0.05, 0.1) is 6.10 Å². The number of nitrogens with one attached hydrogen (secondary N) is 1. The molecule has 0 radical (unpaired) electrons. The number of ether oxygens (including phenoxy) is 1. The number of aromatic nitrogens is 2. The summed E-state index contributed by atoms with van der Waals surface area (Å²) in [7, 11) is 0. The molecular weight excluding hydrogens is 366 g/mol. The van der Waals surface area contributed by atoms with Crippen molar-refractivity contribution < 1.29 is 13.9 Å². The summed E-state index contributed by atoms with van der Waals surface area (Å²) in [5.41, 5.74) is 3.20. The molecule has 6 heteroatoms. The van der Waals surface area contributed by atoms with Gasteiger partial charge in [0.2, 0.25) is 17.7 Å². The van der Waals surface area contributed by atoms with Gasteiger partial charge in [-0.3, -0.25) is 4.79 Å². The van der Waals surface area contributed by atoms with Gasteiger partial charge in [-0.15, -0.1) is 10.2 Å². The van der Waals surface area contributed by atoms with Gasteiger partial charge in [-0.1, -0.05) is 48.0 Å². The van der Waals surface area contributed by atoms with Crippen LogP contribution in [0.5, 0.6) is 0 Å². The van der Waals surface area contributed by atoms with E-state index in [9.17, 15) is 4.79 Å². The first kappa shape index (κ1) is 20.7. The lowest BCUT2D eigenvalue weighted by Crippen LogP contribution is -2.25. The summed E-state index contributed by atoms with van der Waals surface area (Å²) in [5, 5.41) is 11.0. The van der Waals surface area contributed by atoms with Gasteiger partial charge in [0, 0.05) is 31.6 Å². The molecule has 0 aliphatic heterocycles. The van der Waals surface area contributed by atoms with Crippen LogP contribution in [0.15, 0.2) is 59.0 Å². The Labute approximate surface area is 171 Å². The molecule has 0 bridgehead atoms. The average molecular weight is 393 g/mol. The van der Waals surface area contributed by atoms with Crippen molar-refractivity contribution in [3.8, 4) is 11.5 Å². The molecule has 0 saturated carbocycles. The van der Waals surface area contributed by atoms with E-state index < -0.39 is 0 Å². The summed E-state index contributed by atoms with van der Waals surface area (Å²) in [6, 6.07) is 18.0. The second-order valence-corrected chi connectivity index (χ2v) is 6.99. The monoisotopic (exact) mass is 393 g/mol. The summed E-state index contributed by atoms with van der Waals surface area (Å²) in [6.07, 6.45) is 1.55. The van der Waals surface area contributed by atoms with Crippen LogP contribution in [-0.2, 0) is 16.0 Å². The largest absolute Gasteiger partial charge is 0.421 e. The molecule has 1 amide bonds. The third-order valence-electron chi connectivity index (χ3n) is 4.61. The highest BCUT2D eigenvalue weighted by molar-refractivity contribution is 5.75. The molecule has 1 heterocycles. The van der Waals surface area contributed by atoms with Crippen LogP contribution < -0.4 is 5.32 Å². The van der Waals surface area contributed by atoms with Crippen molar-refractivity contribution in [2.45, 2.75) is 39.2 Å². The van der Waals surface area contributed by atoms with Gasteiger partial charge in [-0.2, -0.15) is 0 Å². The number of carbonyl (C=O) groups is 1. The average Bonchev–Trinajstić information content (AvgIpc) is 3.22. The molecule has 3 rings (SSSR count). The molecule has 1 aromatic heterocycles. The van der Waals surface area contributed by atoms with Gasteiger partial charge in [-0.25, -0.2) is 0 Å². The van der Waals surface area contributed by atoms with Crippen LogP contribution >= 0.6 is 0 Å². The molecule has 29 heavy (non-hydrogen) atoms. The van der Waals surface area contributed by atoms with Gasteiger partial charge in [0.15, 0.2) is 0 Å². The Hall–Kier alpha value is -2.99. The Morgan fingerprint density at radius 1 is 1.10 bits per heavy atom. The van der Waals surface area contributed by atoms with Crippen molar-refractivity contribution in [2.75, 3.05) is 13.2 Å². The summed E-state index contributed by atoms with van der Waals surface area (Å²) < 4.78 is 11.5. The maximum absolute atomic E-state index is 12.0. The molecule has 0 aliphatic rings. The SMILES string of the molecule is Cc1ccc(-c2nnc(CCC(=O)NCCCOC(C)c3ccccc3)o2)cc1. The second kappa shape index (κ2) is 10.5. The van der Waals surface area contributed by atoms with E-state index in [0.717, 1.165) is 17.5 Å². The Kier molecular flexibility index (Phi) is 7.53. The van der Waals surface area contributed by atoms with Crippen molar-refractivity contribution >= 4 is 5.91 Å². The minimum atomic E-state index is -0.0313. The molecule has 0 saturated heterocycles. The Balaban J connectivity index is 1.32. The van der Waals surface area contributed by atoms with Crippen molar-refractivity contribution in [3.63, 3.8) is 0 Å². The van der Waals surface area contributed by atoms with Gasteiger partial charge in [0.25, 0.3) is 0 Å². The van der Waals surface area contributed by atoms with Crippen LogP contribution in [0.2, 0.25) is 0 Å². The van der Waals surface area contributed by atoms with Crippen LogP contribution in [0.3, 0.4) is 0 Å². The quantitative estimate of drug-likeness (QED) is 0.521. The predicted molar refractivity (Wildman–Crippen MR) is 111 cm³/mol. The molecule has 1 atom stereocenters. The highest BCUT2D eigenvalue weighted by Crippen LogP contribution is 2.19. The zero-order chi connectivity index (χ0) is 20.5. The molecule has 1 N–H and O–H groups in total. The number of aryl methyl sites for hydroxylation is 2. The van der Waals surface area contributed by atoms with Gasteiger partial charge >= 0.3 is 0 Å². The van der Waals surface area contributed by atoms with Crippen molar-refractivity contribution in [1.29, 1.82) is 0 Å². The normalized spacial score (nSPS) is 11.9. The third-order valence-corrected chi connectivity index (χ3v) is 4.61. The minimum Gasteiger partial charge on any atom is -0.421 e. The van der Waals surface area contributed by atoms with Gasteiger partial charge < -0.3 is 14.5 Å². The minimum absolute atomic E-state index is 0.0313. The number of nitrogens with zero attached hydrogens (tertiary/aromatic N) is 2. The summed E-state index contributed by atoms with van der Waals surface area (Å²) in [5.74, 6) is 0.914. The Bertz CT molecular complexity index is 891. The number of amides is 1. The fourth-order valence-corrected chi connectivity index (χ4v) is 2.86. The number of hydrogen-bond donors (Lipinski definition) is 1. The third kappa shape index (κ3) is 6.54. The molecule has 0 spiro atoms. The highest BCUT2D eigenvalue weighted by atomic mass is 16.5. The topological polar surface area (TPSA) is 77.2 Å². The molecule has 0 fully saturated rings. The molecule has 152 valence electrons. The van der Waals surface area contributed by atoms with Gasteiger partial charge in [0.1, 0.15) is 0 Å². The fourth-order valence-electron chi connectivity index (χ4n) is 2.86. The van der Waals surface area contributed by atoms with Crippen molar-refractivity contribution in [3.05, 3.63) is 71.6 Å². The smallest absolute Gasteiger partial charge is 0.247 e. The molecular formula is C23H27N3O3. The lowest BCUT2D eigenvalue weighted by atomic mass is 10.1. The zero-order valence-electron chi connectivity index (χ0n) is 16.9. The van der Waals surface area contributed by atoms with E-state index in [-0.39, 0.29) is 12.0 Å². The van der Waals surface area contributed by atoms with E-state index in [1.165, 1.54) is 5.56 Å². The fraction of sp³-hybridized carbons (Fsp3) is 0.348.